The van der Waals surface area contributed by atoms with Gasteiger partial charge in [0, 0.05) is 23.6 Å². The highest BCUT2D eigenvalue weighted by Crippen LogP contribution is 2.45. The number of ketones is 1. The van der Waals surface area contributed by atoms with Crippen molar-refractivity contribution in [2.75, 3.05) is 5.73 Å². The van der Waals surface area contributed by atoms with Crippen molar-refractivity contribution in [1.82, 2.24) is 34.7 Å². The summed E-state index contributed by atoms with van der Waals surface area (Å²) in [6.07, 6.45) is 5.70. The summed E-state index contributed by atoms with van der Waals surface area (Å²) in [5.41, 5.74) is 10.7. The van der Waals surface area contributed by atoms with Gasteiger partial charge in [-0.15, -0.1) is 10.2 Å². The van der Waals surface area contributed by atoms with E-state index in [2.05, 4.69) is 20.3 Å². The zero-order valence-corrected chi connectivity index (χ0v) is 20.6. The summed E-state index contributed by atoms with van der Waals surface area (Å²) >= 11 is 0. The van der Waals surface area contributed by atoms with E-state index in [9.17, 15) is 14.7 Å². The molecule has 4 aromatic rings. The molecule has 2 aliphatic heterocycles. The lowest BCUT2D eigenvalue weighted by Crippen LogP contribution is -2.46. The van der Waals surface area contributed by atoms with E-state index in [1.165, 1.54) is 17.8 Å². The quantitative estimate of drug-likeness (QED) is 0.353. The molecular weight excluding hydrogens is 472 g/mol. The van der Waals surface area contributed by atoms with E-state index in [1.54, 1.807) is 13.1 Å². The Morgan fingerprint density at radius 3 is 2.46 bits per heavy atom. The van der Waals surface area contributed by atoms with E-state index in [0.717, 1.165) is 29.5 Å². The second kappa shape index (κ2) is 8.77. The monoisotopic (exact) mass is 500 g/mol. The molecule has 0 aliphatic carbocycles. The molecule has 0 unspecified atom stereocenters. The third kappa shape index (κ3) is 3.77. The predicted octanol–water partition coefficient (Wildman–Crippen LogP) is 2.90. The number of H-pyrrole nitrogens is 1. The van der Waals surface area contributed by atoms with Crippen molar-refractivity contribution in [3.8, 4) is 11.1 Å². The predicted molar refractivity (Wildman–Crippen MR) is 135 cm³/mol. The smallest absolute Gasteiger partial charge is 0.292 e. The first-order chi connectivity index (χ1) is 17.8. The molecule has 4 atom stereocenters. The lowest BCUT2D eigenvalue weighted by atomic mass is 9.85. The van der Waals surface area contributed by atoms with Crippen molar-refractivity contribution in [1.29, 1.82) is 0 Å². The molecule has 190 valence electrons. The third-order valence-corrected chi connectivity index (χ3v) is 7.74. The number of aliphatic hydroxyl groups excluding tert-OH is 1. The van der Waals surface area contributed by atoms with Crippen LogP contribution in [0.15, 0.2) is 36.8 Å². The second-order valence-corrected chi connectivity index (χ2v) is 10.0. The molecule has 5 heterocycles. The van der Waals surface area contributed by atoms with Gasteiger partial charge in [-0.3, -0.25) is 9.59 Å². The lowest BCUT2D eigenvalue weighted by molar-refractivity contribution is 0.0556. The average Bonchev–Trinajstić information content (AvgIpc) is 3.62. The first-order valence-electron chi connectivity index (χ1n) is 12.5. The number of hydrogen-bond donors (Lipinski definition) is 3. The van der Waals surface area contributed by atoms with Crippen molar-refractivity contribution in [3.05, 3.63) is 59.4 Å². The Kier molecular flexibility index (Phi) is 5.52. The molecule has 4 N–H and O–H groups in total. The summed E-state index contributed by atoms with van der Waals surface area (Å²) in [6, 6.07) is 7.63. The van der Waals surface area contributed by atoms with Gasteiger partial charge in [0.2, 0.25) is 5.82 Å². The van der Waals surface area contributed by atoms with Crippen molar-refractivity contribution in [2.45, 2.75) is 63.6 Å². The molecule has 11 heteroatoms. The summed E-state index contributed by atoms with van der Waals surface area (Å²) in [4.78, 5) is 35.6. The number of aliphatic hydroxyl groups is 1. The van der Waals surface area contributed by atoms with Crippen molar-refractivity contribution < 1.29 is 14.7 Å². The molecule has 37 heavy (non-hydrogen) atoms. The Bertz CT molecular complexity index is 1480. The molecule has 1 aromatic carbocycles. The van der Waals surface area contributed by atoms with Gasteiger partial charge in [0.1, 0.15) is 12.1 Å². The van der Waals surface area contributed by atoms with Gasteiger partial charge in [0.15, 0.2) is 11.4 Å². The van der Waals surface area contributed by atoms with Crippen LogP contribution in [-0.4, -0.2) is 63.6 Å². The van der Waals surface area contributed by atoms with Crippen LogP contribution in [0.3, 0.4) is 0 Å². The number of fused-ring (bicyclic) bond motifs is 3. The number of Topliss-reactive ketones (excluding diaryl/α,β-unsaturated/α-hetero) is 1. The van der Waals surface area contributed by atoms with Crippen LogP contribution in [0.1, 0.15) is 83.8 Å². The average molecular weight is 501 g/mol. The number of rotatable bonds is 5. The van der Waals surface area contributed by atoms with Crippen molar-refractivity contribution in [2.24, 2.45) is 0 Å². The molecule has 0 spiro atoms. The number of nitrogens with two attached hydrogens (primary N) is 1. The summed E-state index contributed by atoms with van der Waals surface area (Å²) in [5.74, 6) is 0.188. The van der Waals surface area contributed by atoms with Crippen LogP contribution < -0.4 is 5.73 Å². The van der Waals surface area contributed by atoms with Crippen LogP contribution >= 0.6 is 0 Å². The SMILES string of the molecule is CC(=O)c1c([C@H]2C[C@H]3CC[C@@H](C2)N3C(=O)c2nnc[nH]2)nc2c(-c3ccc([C@@H](C)O)cc3)cnn2c1N. The van der Waals surface area contributed by atoms with Gasteiger partial charge in [0.25, 0.3) is 5.91 Å². The maximum atomic E-state index is 13.1. The Hall–Kier alpha value is -4.12. The van der Waals surface area contributed by atoms with Crippen LogP contribution in [0.25, 0.3) is 16.8 Å². The molecule has 6 rings (SSSR count). The van der Waals surface area contributed by atoms with Gasteiger partial charge in [-0.1, -0.05) is 24.3 Å². The van der Waals surface area contributed by atoms with Crippen LogP contribution in [0, 0.1) is 0 Å². The van der Waals surface area contributed by atoms with Crippen LogP contribution in [0.4, 0.5) is 5.82 Å². The number of nitrogen functional groups attached to an aromatic ring is 1. The van der Waals surface area contributed by atoms with Crippen LogP contribution in [0.5, 0.6) is 0 Å². The minimum Gasteiger partial charge on any atom is -0.389 e. The van der Waals surface area contributed by atoms with Crippen LogP contribution in [-0.2, 0) is 0 Å². The fourth-order valence-electron chi connectivity index (χ4n) is 6.00. The Labute approximate surface area is 212 Å². The normalized spacial score (nSPS) is 21.9. The minimum absolute atomic E-state index is 0.0251. The topological polar surface area (TPSA) is 155 Å². The number of hydrogen-bond acceptors (Lipinski definition) is 8. The molecule has 2 fully saturated rings. The molecule has 1 amide bonds. The van der Waals surface area contributed by atoms with E-state index >= 15 is 0 Å². The fraction of sp³-hybridized carbons (Fsp3) is 0.385. The van der Waals surface area contributed by atoms with Gasteiger partial charge < -0.3 is 20.7 Å². The first kappa shape index (κ1) is 23.3. The van der Waals surface area contributed by atoms with E-state index in [1.807, 2.05) is 29.2 Å². The van der Waals surface area contributed by atoms with Gasteiger partial charge in [-0.05, 0) is 50.7 Å². The summed E-state index contributed by atoms with van der Waals surface area (Å²) in [7, 11) is 0. The Morgan fingerprint density at radius 1 is 1.16 bits per heavy atom. The highest BCUT2D eigenvalue weighted by atomic mass is 16.3. The van der Waals surface area contributed by atoms with E-state index < -0.39 is 6.10 Å². The number of carbonyl (C=O) groups is 2. The zero-order valence-electron chi connectivity index (χ0n) is 20.6. The highest BCUT2D eigenvalue weighted by molar-refractivity contribution is 6.00. The van der Waals surface area contributed by atoms with E-state index in [0.29, 0.717) is 29.7 Å². The number of nitrogens with one attached hydrogen (secondary N) is 1. The lowest BCUT2D eigenvalue weighted by Gasteiger charge is -2.38. The first-order valence-corrected chi connectivity index (χ1v) is 12.5. The number of piperidine rings is 1. The standard InChI is InChI=1S/C26H28N8O3/c1-13(35)15-3-5-16(6-4-15)20-11-30-34-23(27)21(14(2)36)22(31-25(20)34)17-9-18-7-8-19(10-17)33(18)26(37)24-28-12-29-32-24/h3-6,11-13,17-19,35H,7-10,27H2,1-2H3,(H,28,29,32)/t13-,17-,18+,19-/m1/s1. The van der Waals surface area contributed by atoms with Crippen molar-refractivity contribution in [3.63, 3.8) is 0 Å². The number of nitrogens with zero attached hydrogens (tertiary/aromatic N) is 6. The zero-order chi connectivity index (χ0) is 25.8. The highest BCUT2D eigenvalue weighted by Gasteiger charge is 2.45. The van der Waals surface area contributed by atoms with Gasteiger partial charge >= 0.3 is 0 Å². The minimum atomic E-state index is -0.561. The van der Waals surface area contributed by atoms with Gasteiger partial charge in [-0.25, -0.2) is 4.98 Å². The molecule has 2 aliphatic rings. The number of aromatic amines is 1. The number of benzene rings is 1. The number of amides is 1. The third-order valence-electron chi connectivity index (χ3n) is 7.74. The number of carbonyl (C=O) groups excluding carboxylic acids is 2. The molecule has 11 nitrogen and oxygen atoms in total. The Morgan fingerprint density at radius 2 is 1.86 bits per heavy atom. The van der Waals surface area contributed by atoms with Gasteiger partial charge in [-0.2, -0.15) is 9.61 Å². The van der Waals surface area contributed by atoms with E-state index in [-0.39, 0.29) is 41.3 Å². The van der Waals surface area contributed by atoms with Crippen molar-refractivity contribution >= 4 is 23.2 Å². The second-order valence-electron chi connectivity index (χ2n) is 10.0. The van der Waals surface area contributed by atoms with Gasteiger partial charge in [0.05, 0.1) is 23.6 Å². The molecule has 0 saturated carbocycles. The summed E-state index contributed by atoms with van der Waals surface area (Å²) in [5, 5.41) is 22.0. The van der Waals surface area contributed by atoms with E-state index in [4.69, 9.17) is 10.7 Å². The maximum Gasteiger partial charge on any atom is 0.292 e. The number of aromatic nitrogens is 6. The Balaban J connectivity index is 1.40. The summed E-state index contributed by atoms with van der Waals surface area (Å²) in [6.45, 7) is 3.22. The largest absolute Gasteiger partial charge is 0.389 e. The van der Waals surface area contributed by atoms with Crippen LogP contribution in [0.2, 0.25) is 0 Å². The fourth-order valence-corrected chi connectivity index (χ4v) is 6.00. The maximum absolute atomic E-state index is 13.1. The molecule has 2 saturated heterocycles. The molecule has 2 bridgehead atoms. The molecular formula is C26H28N8O3. The molecule has 0 radical (unpaired) electrons. The molecule has 3 aromatic heterocycles. The number of anilines is 1. The summed E-state index contributed by atoms with van der Waals surface area (Å²) < 4.78 is 1.52.